The van der Waals surface area contributed by atoms with Gasteiger partial charge in [0.05, 0.1) is 5.57 Å². The smallest absolute Gasteiger partial charge is 0.302 e. The van der Waals surface area contributed by atoms with Crippen molar-refractivity contribution in [3.63, 3.8) is 0 Å². The number of nitrogens with two attached hydrogens (primary N) is 1. The van der Waals surface area contributed by atoms with Crippen molar-refractivity contribution in [1.82, 2.24) is 10.3 Å². The molecular weight excluding hydrogens is 464 g/mol. The number of amides is 1. The molecule has 0 bridgehead atoms. The third-order valence-corrected chi connectivity index (χ3v) is 5.97. The topological polar surface area (TPSA) is 118 Å². The molecule has 0 saturated heterocycles. The second kappa shape index (κ2) is 9.61. The summed E-state index contributed by atoms with van der Waals surface area (Å²) < 4.78 is 5.77. The number of guanidine groups is 1. The van der Waals surface area contributed by atoms with Crippen LogP contribution in [0.4, 0.5) is 11.7 Å². The van der Waals surface area contributed by atoms with E-state index in [1.54, 1.807) is 6.07 Å². The van der Waals surface area contributed by atoms with Crippen molar-refractivity contribution in [3.05, 3.63) is 100 Å². The number of benzene rings is 3. The number of nitrogens with zero attached hydrogens (tertiary/aromatic N) is 2. The fourth-order valence-electron chi connectivity index (χ4n) is 3.96. The number of anilines is 2. The molecule has 4 aromatic rings. The Morgan fingerprint density at radius 1 is 1.11 bits per heavy atom. The fourth-order valence-corrected chi connectivity index (χ4v) is 4.20. The molecule has 5 rings (SSSR count). The molecule has 0 fully saturated rings. The monoisotopic (exact) mass is 486 g/mol. The van der Waals surface area contributed by atoms with Gasteiger partial charge in [-0.15, -0.1) is 0 Å². The Kier molecular flexibility index (Phi) is 6.22. The van der Waals surface area contributed by atoms with Gasteiger partial charge in [-0.2, -0.15) is 4.98 Å². The number of hydrogen-bond acceptors (Lipinski definition) is 7. The lowest BCUT2D eigenvalue weighted by Gasteiger charge is -2.27. The zero-order valence-corrected chi connectivity index (χ0v) is 19.6. The molecule has 1 unspecified atom stereocenters. The molecule has 1 aliphatic rings. The van der Waals surface area contributed by atoms with Gasteiger partial charge in [-0.05, 0) is 42.8 Å². The van der Waals surface area contributed by atoms with Gasteiger partial charge in [-0.1, -0.05) is 54.1 Å². The lowest BCUT2D eigenvalue weighted by molar-refractivity contribution is -0.113. The number of allylic oxidation sites excluding steroid dienone is 1. The predicted octanol–water partition coefficient (Wildman–Crippen LogP) is 4.97. The van der Waals surface area contributed by atoms with E-state index in [2.05, 4.69) is 20.9 Å². The number of halogens is 1. The molecule has 35 heavy (non-hydrogen) atoms. The SMILES string of the molecule is CC1=C(C(=O)Nc2cccc(CN)c2)C(c2ccccc2Cl)N=C(Nc2nc3ccccc3o2)N1. The van der Waals surface area contributed by atoms with Gasteiger partial charge < -0.3 is 20.8 Å². The van der Waals surface area contributed by atoms with Gasteiger partial charge in [0.2, 0.25) is 5.96 Å². The van der Waals surface area contributed by atoms with E-state index in [4.69, 9.17) is 26.7 Å². The summed E-state index contributed by atoms with van der Waals surface area (Å²) in [6, 6.07) is 21.8. The summed E-state index contributed by atoms with van der Waals surface area (Å²) in [4.78, 5) is 22.7. The summed E-state index contributed by atoms with van der Waals surface area (Å²) in [5.41, 5.74) is 10.5. The Morgan fingerprint density at radius 3 is 2.71 bits per heavy atom. The normalized spacial score (nSPS) is 15.5. The van der Waals surface area contributed by atoms with Crippen LogP contribution in [-0.2, 0) is 11.3 Å². The molecule has 176 valence electrons. The molecule has 1 aromatic heterocycles. The van der Waals surface area contributed by atoms with Crippen LogP contribution in [0.1, 0.15) is 24.1 Å². The summed E-state index contributed by atoms with van der Waals surface area (Å²) >= 11 is 6.53. The molecule has 8 nitrogen and oxygen atoms in total. The number of rotatable bonds is 5. The minimum absolute atomic E-state index is 0.287. The number of fused-ring (bicyclic) bond motifs is 1. The maximum Gasteiger partial charge on any atom is 0.302 e. The first kappa shape index (κ1) is 22.6. The molecule has 5 N–H and O–H groups in total. The van der Waals surface area contributed by atoms with Crippen LogP contribution in [0.2, 0.25) is 5.02 Å². The maximum atomic E-state index is 13.5. The van der Waals surface area contributed by atoms with E-state index < -0.39 is 6.04 Å². The molecule has 9 heteroatoms. The van der Waals surface area contributed by atoms with E-state index in [0.717, 1.165) is 11.1 Å². The number of carbonyl (C=O) groups excluding carboxylic acids is 1. The van der Waals surface area contributed by atoms with Gasteiger partial charge in [0, 0.05) is 28.5 Å². The highest BCUT2D eigenvalue weighted by Crippen LogP contribution is 2.35. The summed E-state index contributed by atoms with van der Waals surface area (Å²) in [7, 11) is 0. The number of hydrogen-bond donors (Lipinski definition) is 4. The van der Waals surface area contributed by atoms with E-state index in [-0.39, 0.29) is 11.9 Å². The van der Waals surface area contributed by atoms with Crippen molar-refractivity contribution in [1.29, 1.82) is 0 Å². The highest BCUT2D eigenvalue weighted by atomic mass is 35.5. The Bertz CT molecular complexity index is 1440. The van der Waals surface area contributed by atoms with E-state index in [9.17, 15) is 4.79 Å². The summed E-state index contributed by atoms with van der Waals surface area (Å²) in [5, 5.41) is 9.71. The van der Waals surface area contributed by atoms with Crippen molar-refractivity contribution >= 4 is 46.3 Å². The third-order valence-electron chi connectivity index (χ3n) is 5.63. The van der Waals surface area contributed by atoms with Crippen LogP contribution >= 0.6 is 11.6 Å². The standard InChI is InChI=1S/C26H23ClN6O2/c1-15-22(24(34)30-17-8-6-7-16(13-17)14-28)23(18-9-2-3-10-19(18)27)32-25(29-15)33-26-31-20-11-4-5-12-21(20)35-26/h2-13,23H,14,28H2,1H3,(H,30,34)(H2,29,31,32,33). The Morgan fingerprint density at radius 2 is 1.91 bits per heavy atom. The van der Waals surface area contributed by atoms with Crippen LogP contribution in [0.3, 0.4) is 0 Å². The zero-order valence-electron chi connectivity index (χ0n) is 18.9. The molecule has 0 saturated carbocycles. The Balaban J connectivity index is 1.48. The lowest BCUT2D eigenvalue weighted by atomic mass is 9.95. The van der Waals surface area contributed by atoms with Gasteiger partial charge in [0.15, 0.2) is 5.58 Å². The number of carbonyl (C=O) groups is 1. The molecule has 1 atom stereocenters. The van der Waals surface area contributed by atoms with E-state index in [0.29, 0.717) is 45.6 Å². The quantitative estimate of drug-likeness (QED) is 0.316. The van der Waals surface area contributed by atoms with Crippen molar-refractivity contribution < 1.29 is 9.21 Å². The molecule has 0 aliphatic carbocycles. The fraction of sp³-hybridized carbons (Fsp3) is 0.115. The largest absolute Gasteiger partial charge is 0.423 e. The van der Waals surface area contributed by atoms with Gasteiger partial charge in [-0.3, -0.25) is 10.1 Å². The number of aromatic nitrogens is 1. The van der Waals surface area contributed by atoms with Crippen LogP contribution in [0.15, 0.2) is 93.5 Å². The third kappa shape index (κ3) is 4.75. The lowest BCUT2D eigenvalue weighted by Crippen LogP contribution is -2.37. The first-order valence-corrected chi connectivity index (χ1v) is 11.4. The molecule has 0 radical (unpaired) electrons. The van der Waals surface area contributed by atoms with Gasteiger partial charge in [-0.25, -0.2) is 4.99 Å². The molecule has 3 aromatic carbocycles. The maximum absolute atomic E-state index is 13.5. The number of oxazole rings is 1. The number of aliphatic imine (C=N–C) groups is 1. The Hall–Kier alpha value is -4.14. The first-order valence-electron chi connectivity index (χ1n) is 11.0. The van der Waals surface area contributed by atoms with E-state index in [1.165, 1.54) is 0 Å². The minimum atomic E-state index is -0.658. The van der Waals surface area contributed by atoms with Crippen molar-refractivity contribution in [2.75, 3.05) is 10.6 Å². The average Bonchev–Trinajstić information content (AvgIpc) is 3.26. The van der Waals surface area contributed by atoms with Gasteiger partial charge >= 0.3 is 6.01 Å². The van der Waals surface area contributed by atoms with E-state index in [1.807, 2.05) is 73.7 Å². The molecule has 1 amide bonds. The van der Waals surface area contributed by atoms with Crippen LogP contribution < -0.4 is 21.7 Å². The van der Waals surface area contributed by atoms with Gasteiger partial charge in [0.25, 0.3) is 5.91 Å². The Labute approximate surface area is 206 Å². The van der Waals surface area contributed by atoms with Crippen molar-refractivity contribution in [2.24, 2.45) is 10.7 Å². The molecule has 1 aliphatic heterocycles. The van der Waals surface area contributed by atoms with Crippen LogP contribution in [0.25, 0.3) is 11.1 Å². The first-order chi connectivity index (χ1) is 17.0. The highest BCUT2D eigenvalue weighted by molar-refractivity contribution is 6.31. The average molecular weight is 487 g/mol. The predicted molar refractivity (Wildman–Crippen MR) is 138 cm³/mol. The minimum Gasteiger partial charge on any atom is -0.423 e. The second-order valence-electron chi connectivity index (χ2n) is 8.04. The second-order valence-corrected chi connectivity index (χ2v) is 8.44. The molecule has 0 spiro atoms. The van der Waals surface area contributed by atoms with Crippen molar-refractivity contribution in [3.8, 4) is 0 Å². The van der Waals surface area contributed by atoms with Crippen LogP contribution in [0.5, 0.6) is 0 Å². The zero-order chi connectivity index (χ0) is 24.4. The summed E-state index contributed by atoms with van der Waals surface area (Å²) in [6.45, 7) is 2.20. The van der Waals surface area contributed by atoms with Crippen molar-refractivity contribution in [2.45, 2.75) is 19.5 Å². The number of para-hydroxylation sites is 2. The summed E-state index contributed by atoms with van der Waals surface area (Å²) in [6.07, 6.45) is 0. The highest BCUT2D eigenvalue weighted by Gasteiger charge is 2.31. The van der Waals surface area contributed by atoms with Crippen LogP contribution in [0, 0.1) is 0 Å². The number of nitrogens with one attached hydrogen (secondary N) is 3. The van der Waals surface area contributed by atoms with E-state index >= 15 is 0 Å². The van der Waals surface area contributed by atoms with Crippen LogP contribution in [-0.4, -0.2) is 16.9 Å². The van der Waals surface area contributed by atoms with Gasteiger partial charge in [0.1, 0.15) is 11.6 Å². The molecular formula is C26H23ClN6O2. The summed E-state index contributed by atoms with van der Waals surface area (Å²) in [5.74, 6) is 0.0967. The molecule has 2 heterocycles.